The van der Waals surface area contributed by atoms with Gasteiger partial charge in [-0.05, 0) is 124 Å². The van der Waals surface area contributed by atoms with Crippen LogP contribution in [0, 0.1) is 46.3 Å². The zero-order valence-corrected chi connectivity index (χ0v) is 21.9. The topological polar surface area (TPSA) is 66.8 Å². The SMILES string of the molecule is C[C@H](CCCC(C)(C)O)[C@H]1CC[C@H]2[C@@H]3CC[C@H]4C[C@@H](OCC(=O)O)CC[C@]4(C)[C@H]3CC[C@]12C. The predicted molar refractivity (Wildman–Crippen MR) is 132 cm³/mol. The van der Waals surface area contributed by atoms with Crippen molar-refractivity contribution >= 4 is 5.97 Å². The Kier molecular flexibility index (Phi) is 7.30. The van der Waals surface area contributed by atoms with Gasteiger partial charge < -0.3 is 14.9 Å². The molecule has 0 amide bonds. The van der Waals surface area contributed by atoms with E-state index in [0.29, 0.717) is 16.7 Å². The standard InChI is InChI=1S/C29H50O4/c1-19(7-6-14-27(2,3)32)23-10-11-24-22-9-8-20-17-21(33-18-26(30)31)12-15-28(20,4)25(22)13-16-29(23,24)5/h19-25,32H,6-18H2,1-5H3,(H,30,31)/t19-,20+,21+,22+,23-,24+,25+,28+,29-/m1/s1. The van der Waals surface area contributed by atoms with Crippen LogP contribution < -0.4 is 0 Å². The highest BCUT2D eigenvalue weighted by Gasteiger charge is 2.60. The number of hydrogen-bond donors (Lipinski definition) is 2. The number of carbonyl (C=O) groups is 1. The molecular weight excluding hydrogens is 412 g/mol. The zero-order valence-electron chi connectivity index (χ0n) is 21.9. The average molecular weight is 463 g/mol. The summed E-state index contributed by atoms with van der Waals surface area (Å²) in [4.78, 5) is 11.0. The smallest absolute Gasteiger partial charge is 0.329 e. The summed E-state index contributed by atoms with van der Waals surface area (Å²) in [5.74, 6) is 4.08. The monoisotopic (exact) mass is 462 g/mol. The third-order valence-electron chi connectivity index (χ3n) is 11.3. The highest BCUT2D eigenvalue weighted by atomic mass is 16.5. The van der Waals surface area contributed by atoms with Gasteiger partial charge in [0.2, 0.25) is 0 Å². The fourth-order valence-corrected chi connectivity index (χ4v) is 9.59. The van der Waals surface area contributed by atoms with Crippen molar-refractivity contribution in [3.8, 4) is 0 Å². The number of carboxylic acid groups (broad SMARTS) is 1. The zero-order chi connectivity index (χ0) is 24.0. The van der Waals surface area contributed by atoms with E-state index in [-0.39, 0.29) is 12.7 Å². The van der Waals surface area contributed by atoms with E-state index in [1.165, 1.54) is 51.4 Å². The molecular formula is C29H50O4. The lowest BCUT2D eigenvalue weighted by molar-refractivity contribution is -0.153. The van der Waals surface area contributed by atoms with Crippen LogP contribution in [0.4, 0.5) is 0 Å². The lowest BCUT2D eigenvalue weighted by Crippen LogP contribution is -2.54. The molecule has 33 heavy (non-hydrogen) atoms. The second-order valence-electron chi connectivity index (χ2n) is 13.7. The molecule has 2 N–H and O–H groups in total. The number of fused-ring (bicyclic) bond motifs is 5. The van der Waals surface area contributed by atoms with E-state index in [2.05, 4.69) is 20.8 Å². The van der Waals surface area contributed by atoms with Gasteiger partial charge in [0, 0.05) is 0 Å². The molecule has 0 aliphatic heterocycles. The van der Waals surface area contributed by atoms with Crippen molar-refractivity contribution in [3.05, 3.63) is 0 Å². The summed E-state index contributed by atoms with van der Waals surface area (Å²) in [7, 11) is 0. The van der Waals surface area contributed by atoms with E-state index in [4.69, 9.17) is 9.84 Å². The van der Waals surface area contributed by atoms with Crippen LogP contribution in [0.1, 0.15) is 112 Å². The van der Waals surface area contributed by atoms with Gasteiger partial charge in [0.15, 0.2) is 0 Å². The molecule has 4 heteroatoms. The van der Waals surface area contributed by atoms with Crippen molar-refractivity contribution in [2.75, 3.05) is 6.61 Å². The lowest BCUT2D eigenvalue weighted by Gasteiger charge is -2.61. The van der Waals surface area contributed by atoms with Gasteiger partial charge in [-0.15, -0.1) is 0 Å². The first-order chi connectivity index (χ1) is 15.4. The number of rotatable bonds is 8. The predicted octanol–water partition coefficient (Wildman–Crippen LogP) is 6.69. The van der Waals surface area contributed by atoms with Crippen LogP contribution in [0.15, 0.2) is 0 Å². The Bertz CT molecular complexity index is 698. The van der Waals surface area contributed by atoms with Crippen LogP contribution in [0.25, 0.3) is 0 Å². The van der Waals surface area contributed by atoms with Gasteiger partial charge in [-0.3, -0.25) is 0 Å². The Morgan fingerprint density at radius 2 is 1.73 bits per heavy atom. The number of carboxylic acids is 1. The van der Waals surface area contributed by atoms with Crippen molar-refractivity contribution in [3.63, 3.8) is 0 Å². The van der Waals surface area contributed by atoms with Gasteiger partial charge in [-0.2, -0.15) is 0 Å². The average Bonchev–Trinajstić information content (AvgIpc) is 3.08. The molecule has 0 bridgehead atoms. The number of aliphatic hydroxyl groups is 1. The van der Waals surface area contributed by atoms with Crippen LogP contribution in [0.2, 0.25) is 0 Å². The van der Waals surface area contributed by atoms with Crippen molar-refractivity contribution in [2.45, 2.75) is 123 Å². The summed E-state index contributed by atoms with van der Waals surface area (Å²) < 4.78 is 5.74. The van der Waals surface area contributed by atoms with Crippen molar-refractivity contribution in [2.24, 2.45) is 46.3 Å². The van der Waals surface area contributed by atoms with Gasteiger partial charge in [0.1, 0.15) is 6.61 Å². The maximum Gasteiger partial charge on any atom is 0.329 e. The van der Waals surface area contributed by atoms with Crippen LogP contribution in [-0.4, -0.2) is 34.5 Å². The third-order valence-corrected chi connectivity index (χ3v) is 11.3. The first-order valence-corrected chi connectivity index (χ1v) is 14.0. The fraction of sp³-hybridized carbons (Fsp3) is 0.966. The first kappa shape index (κ1) is 25.5. The normalized spacial score (nSPS) is 43.9. The van der Waals surface area contributed by atoms with E-state index in [1.807, 2.05) is 13.8 Å². The van der Waals surface area contributed by atoms with Crippen LogP contribution >= 0.6 is 0 Å². The van der Waals surface area contributed by atoms with E-state index in [1.54, 1.807) is 0 Å². The summed E-state index contributed by atoms with van der Waals surface area (Å²) in [6, 6.07) is 0. The molecule has 4 nitrogen and oxygen atoms in total. The summed E-state index contributed by atoms with van der Waals surface area (Å²) in [6.45, 7) is 11.4. The number of ether oxygens (including phenoxy) is 1. The highest BCUT2D eigenvalue weighted by molar-refractivity contribution is 5.68. The Balaban J connectivity index is 1.40. The first-order valence-electron chi connectivity index (χ1n) is 14.0. The molecule has 0 spiro atoms. The molecule has 4 aliphatic rings. The van der Waals surface area contributed by atoms with E-state index in [9.17, 15) is 9.90 Å². The minimum atomic E-state index is -0.844. The van der Waals surface area contributed by atoms with Crippen LogP contribution in [0.5, 0.6) is 0 Å². The van der Waals surface area contributed by atoms with Gasteiger partial charge in [0.05, 0.1) is 11.7 Å². The van der Waals surface area contributed by atoms with Gasteiger partial charge >= 0.3 is 5.97 Å². The molecule has 0 unspecified atom stereocenters. The van der Waals surface area contributed by atoms with Crippen molar-refractivity contribution < 1.29 is 19.7 Å². The molecule has 4 rings (SSSR count). The Hall–Kier alpha value is -0.610. The molecule has 4 fully saturated rings. The van der Waals surface area contributed by atoms with Crippen molar-refractivity contribution in [1.82, 2.24) is 0 Å². The number of hydrogen-bond acceptors (Lipinski definition) is 3. The number of aliphatic carboxylic acids is 1. The molecule has 4 aliphatic carbocycles. The molecule has 0 aromatic rings. The molecule has 0 saturated heterocycles. The largest absolute Gasteiger partial charge is 0.480 e. The molecule has 0 aromatic carbocycles. The van der Waals surface area contributed by atoms with Crippen molar-refractivity contribution in [1.29, 1.82) is 0 Å². The molecule has 0 radical (unpaired) electrons. The fourth-order valence-electron chi connectivity index (χ4n) is 9.59. The van der Waals surface area contributed by atoms with Gasteiger partial charge in [-0.25, -0.2) is 4.79 Å². The molecule has 9 atom stereocenters. The van der Waals surface area contributed by atoms with Gasteiger partial charge in [0.25, 0.3) is 0 Å². The minimum Gasteiger partial charge on any atom is -0.480 e. The Labute approximate surface area is 202 Å². The molecule has 4 saturated carbocycles. The maximum atomic E-state index is 11.0. The molecule has 190 valence electrons. The second kappa shape index (κ2) is 9.45. The summed E-state index contributed by atoms with van der Waals surface area (Å²) in [5.41, 5.74) is 0.385. The summed E-state index contributed by atoms with van der Waals surface area (Å²) in [6.07, 6.45) is 15.0. The maximum absolute atomic E-state index is 11.0. The molecule has 0 heterocycles. The summed E-state index contributed by atoms with van der Waals surface area (Å²) >= 11 is 0. The van der Waals surface area contributed by atoms with E-state index < -0.39 is 11.6 Å². The summed E-state index contributed by atoms with van der Waals surface area (Å²) in [5, 5.41) is 19.1. The van der Waals surface area contributed by atoms with E-state index in [0.717, 1.165) is 55.3 Å². The third kappa shape index (κ3) is 5.03. The minimum absolute atomic E-state index is 0.143. The van der Waals surface area contributed by atoms with Crippen LogP contribution in [0.3, 0.4) is 0 Å². The molecule has 0 aromatic heterocycles. The quantitative estimate of drug-likeness (QED) is 0.421. The second-order valence-corrected chi connectivity index (χ2v) is 13.7. The lowest BCUT2D eigenvalue weighted by atomic mass is 9.44. The highest BCUT2D eigenvalue weighted by Crippen LogP contribution is 2.68. The van der Waals surface area contributed by atoms with Gasteiger partial charge in [-0.1, -0.05) is 33.6 Å². The Morgan fingerprint density at radius 3 is 2.42 bits per heavy atom. The van der Waals surface area contributed by atoms with Crippen LogP contribution in [-0.2, 0) is 9.53 Å². The van der Waals surface area contributed by atoms with E-state index >= 15 is 0 Å². The Morgan fingerprint density at radius 1 is 1.03 bits per heavy atom.